The normalized spacial score (nSPS) is 13.1. The van der Waals surface area contributed by atoms with Gasteiger partial charge in [0.2, 0.25) is 5.95 Å². The molecule has 0 bridgehead atoms. The monoisotopic (exact) mass is 756 g/mol. The molecule has 11 aromatic rings. The summed E-state index contributed by atoms with van der Waals surface area (Å²) in [5.74, 6) is 1.75. The molecule has 59 heavy (non-hydrogen) atoms. The molecular formula is C53H36N6. The molecule has 0 unspecified atom stereocenters. The van der Waals surface area contributed by atoms with Gasteiger partial charge in [-0.25, -0.2) is 4.98 Å². The number of fused-ring (bicyclic) bond motifs is 9. The largest absolute Gasteiger partial charge is 0.308 e. The maximum atomic E-state index is 5.43. The lowest BCUT2D eigenvalue weighted by atomic mass is 9.82. The Labute approximate surface area is 340 Å². The summed E-state index contributed by atoms with van der Waals surface area (Å²) in [4.78, 5) is 20.5. The second-order valence-electron chi connectivity index (χ2n) is 15.9. The zero-order chi connectivity index (χ0) is 39.2. The SMILES string of the molecule is CC1(C)c2ccccc2-c2c(-c3cccc4c3c3ccccc3n4-c3nc(-c4ccccc4)nc(-c4ccccc4-n4c5ccccc5c5cnccc54)n3)cccc21. The second-order valence-corrected chi connectivity index (χ2v) is 15.9. The lowest BCUT2D eigenvalue weighted by Gasteiger charge is -2.21. The van der Waals surface area contributed by atoms with Gasteiger partial charge >= 0.3 is 0 Å². The molecule has 278 valence electrons. The van der Waals surface area contributed by atoms with Crippen molar-refractivity contribution in [2.75, 3.05) is 0 Å². The number of rotatable bonds is 5. The first kappa shape index (κ1) is 33.4. The van der Waals surface area contributed by atoms with Crippen molar-refractivity contribution in [3.63, 3.8) is 0 Å². The smallest absolute Gasteiger partial charge is 0.238 e. The third-order valence-electron chi connectivity index (χ3n) is 12.3. The maximum absolute atomic E-state index is 5.43. The lowest BCUT2D eigenvalue weighted by Crippen LogP contribution is -2.14. The highest BCUT2D eigenvalue weighted by Crippen LogP contribution is 2.53. The highest BCUT2D eigenvalue weighted by molar-refractivity contribution is 6.17. The fourth-order valence-corrected chi connectivity index (χ4v) is 9.67. The minimum atomic E-state index is -0.106. The first-order chi connectivity index (χ1) is 29.1. The highest BCUT2D eigenvalue weighted by Gasteiger charge is 2.37. The summed E-state index contributed by atoms with van der Waals surface area (Å²) in [6.45, 7) is 4.68. The molecule has 4 heterocycles. The average Bonchev–Trinajstić information content (AvgIpc) is 3.90. The van der Waals surface area contributed by atoms with E-state index in [2.05, 4.69) is 180 Å². The molecule has 6 nitrogen and oxygen atoms in total. The van der Waals surface area contributed by atoms with Gasteiger partial charge in [-0.1, -0.05) is 147 Å². The molecule has 0 aliphatic heterocycles. The van der Waals surface area contributed by atoms with E-state index in [1.807, 2.05) is 30.6 Å². The van der Waals surface area contributed by atoms with E-state index in [4.69, 9.17) is 15.0 Å². The van der Waals surface area contributed by atoms with Crippen molar-refractivity contribution in [3.05, 3.63) is 193 Å². The van der Waals surface area contributed by atoms with Gasteiger partial charge in [-0.05, 0) is 69.8 Å². The second kappa shape index (κ2) is 12.7. The molecule has 4 aromatic heterocycles. The number of para-hydroxylation sites is 3. The molecule has 6 heteroatoms. The van der Waals surface area contributed by atoms with Crippen LogP contribution in [0.15, 0.2) is 182 Å². The van der Waals surface area contributed by atoms with Gasteiger partial charge in [0.1, 0.15) is 0 Å². The Morgan fingerprint density at radius 3 is 1.90 bits per heavy atom. The molecule has 0 radical (unpaired) electrons. The predicted octanol–water partition coefficient (Wildman–Crippen LogP) is 12.8. The number of hydrogen-bond donors (Lipinski definition) is 0. The van der Waals surface area contributed by atoms with Crippen LogP contribution < -0.4 is 0 Å². The van der Waals surface area contributed by atoms with Crippen molar-refractivity contribution >= 4 is 43.6 Å². The standard InChI is InChI=1S/C53H36N6/c1-53(2)41-24-10-6-19-37(41)48-35(22-14-25-42(48)53)36-23-15-29-47-49(36)38-20-8-12-27-44(38)59(47)52-56-50(33-16-4-3-5-17-33)55-51(57-52)39-21-9-13-28-45(39)58-43-26-11-7-18-34(43)40-32-54-31-30-46(40)58/h3-32H,1-2H3. The van der Waals surface area contributed by atoms with Crippen LogP contribution in [0.1, 0.15) is 25.0 Å². The van der Waals surface area contributed by atoms with Gasteiger partial charge in [0.05, 0.1) is 27.8 Å². The van der Waals surface area contributed by atoms with E-state index in [-0.39, 0.29) is 5.41 Å². The molecule has 1 aliphatic rings. The summed E-state index contributed by atoms with van der Waals surface area (Å²) >= 11 is 0. The fraction of sp³-hybridized carbons (Fsp3) is 0.0566. The van der Waals surface area contributed by atoms with E-state index >= 15 is 0 Å². The number of benzene rings is 7. The van der Waals surface area contributed by atoms with Gasteiger partial charge < -0.3 is 4.57 Å². The van der Waals surface area contributed by atoms with E-state index < -0.39 is 0 Å². The molecule has 0 amide bonds. The summed E-state index contributed by atoms with van der Waals surface area (Å²) < 4.78 is 4.53. The maximum Gasteiger partial charge on any atom is 0.238 e. The third kappa shape index (κ3) is 4.87. The van der Waals surface area contributed by atoms with Gasteiger partial charge in [-0.2, -0.15) is 9.97 Å². The summed E-state index contributed by atoms with van der Waals surface area (Å²) in [6.07, 6.45) is 3.81. The molecule has 0 saturated heterocycles. The number of hydrogen-bond acceptors (Lipinski definition) is 4. The lowest BCUT2D eigenvalue weighted by molar-refractivity contribution is 0.660. The van der Waals surface area contributed by atoms with Crippen molar-refractivity contribution in [2.45, 2.75) is 19.3 Å². The van der Waals surface area contributed by atoms with E-state index in [1.54, 1.807) is 0 Å². The van der Waals surface area contributed by atoms with Crippen LogP contribution in [0, 0.1) is 0 Å². The fourth-order valence-electron chi connectivity index (χ4n) is 9.67. The molecule has 7 aromatic carbocycles. The minimum absolute atomic E-state index is 0.106. The van der Waals surface area contributed by atoms with Crippen LogP contribution >= 0.6 is 0 Å². The first-order valence-corrected chi connectivity index (χ1v) is 20.1. The summed E-state index contributed by atoms with van der Waals surface area (Å²) in [5.41, 5.74) is 14.7. The summed E-state index contributed by atoms with van der Waals surface area (Å²) in [6, 6.07) is 60.1. The molecule has 0 fully saturated rings. The van der Waals surface area contributed by atoms with Crippen LogP contribution in [0.4, 0.5) is 0 Å². The molecule has 0 spiro atoms. The molecular weight excluding hydrogens is 721 g/mol. The average molecular weight is 757 g/mol. The Kier molecular flexibility index (Phi) is 7.17. The van der Waals surface area contributed by atoms with E-state index in [0.29, 0.717) is 17.6 Å². The number of pyridine rings is 1. The number of nitrogens with zero attached hydrogens (tertiary/aromatic N) is 6. The minimum Gasteiger partial charge on any atom is -0.308 e. The molecule has 1 aliphatic carbocycles. The van der Waals surface area contributed by atoms with Crippen molar-refractivity contribution in [1.29, 1.82) is 0 Å². The molecule has 0 N–H and O–H groups in total. The zero-order valence-corrected chi connectivity index (χ0v) is 32.5. The van der Waals surface area contributed by atoms with E-state index in [1.165, 1.54) is 38.8 Å². The van der Waals surface area contributed by atoms with Crippen molar-refractivity contribution in [2.24, 2.45) is 0 Å². The van der Waals surface area contributed by atoms with Crippen LogP contribution in [0.3, 0.4) is 0 Å². The van der Waals surface area contributed by atoms with Crippen LogP contribution in [0.2, 0.25) is 0 Å². The van der Waals surface area contributed by atoms with Crippen LogP contribution in [0.5, 0.6) is 0 Å². The number of aromatic nitrogens is 6. The van der Waals surface area contributed by atoms with E-state index in [9.17, 15) is 0 Å². The molecule has 0 saturated carbocycles. The topological polar surface area (TPSA) is 61.4 Å². The third-order valence-corrected chi connectivity index (χ3v) is 12.3. The predicted molar refractivity (Wildman–Crippen MR) is 240 cm³/mol. The van der Waals surface area contributed by atoms with Crippen molar-refractivity contribution < 1.29 is 0 Å². The summed E-state index contributed by atoms with van der Waals surface area (Å²) in [5, 5.41) is 4.55. The Morgan fingerprint density at radius 1 is 0.424 bits per heavy atom. The molecule has 12 rings (SSSR count). The molecule has 0 atom stereocenters. The van der Waals surface area contributed by atoms with Crippen LogP contribution in [0.25, 0.3) is 100 Å². The van der Waals surface area contributed by atoms with Gasteiger partial charge in [-0.15, -0.1) is 0 Å². The highest BCUT2D eigenvalue weighted by atomic mass is 15.2. The van der Waals surface area contributed by atoms with E-state index in [0.717, 1.165) is 55.0 Å². The first-order valence-electron chi connectivity index (χ1n) is 20.1. The summed E-state index contributed by atoms with van der Waals surface area (Å²) in [7, 11) is 0. The van der Waals surface area contributed by atoms with Crippen molar-refractivity contribution in [1.82, 2.24) is 29.1 Å². The van der Waals surface area contributed by atoms with Crippen LogP contribution in [-0.2, 0) is 5.41 Å². The van der Waals surface area contributed by atoms with Gasteiger partial charge in [-0.3, -0.25) is 9.55 Å². The Bertz CT molecular complexity index is 3430. The quantitative estimate of drug-likeness (QED) is 0.175. The van der Waals surface area contributed by atoms with Gasteiger partial charge in [0.25, 0.3) is 0 Å². The Balaban J connectivity index is 1.14. The Hall–Kier alpha value is -7.70. The van der Waals surface area contributed by atoms with Crippen LogP contribution in [-0.4, -0.2) is 29.1 Å². The Morgan fingerprint density at radius 2 is 1.03 bits per heavy atom. The van der Waals surface area contributed by atoms with Crippen molar-refractivity contribution in [3.8, 4) is 56.7 Å². The zero-order valence-electron chi connectivity index (χ0n) is 32.5. The van der Waals surface area contributed by atoms with Gasteiger partial charge in [0, 0.05) is 50.5 Å². The van der Waals surface area contributed by atoms with Gasteiger partial charge in [0.15, 0.2) is 11.6 Å².